The molecular formula is C12H16ClN5O3. The van der Waals surface area contributed by atoms with Gasteiger partial charge in [-0.1, -0.05) is 11.6 Å². The first-order valence-corrected chi connectivity index (χ1v) is 6.85. The lowest BCUT2D eigenvalue weighted by Gasteiger charge is -2.15. The smallest absolute Gasteiger partial charge is 0.275 e. The zero-order valence-corrected chi connectivity index (χ0v) is 12.0. The Labute approximate surface area is 126 Å². The fraction of sp³-hybridized carbons (Fsp3) is 0.417. The maximum atomic E-state index is 10.6. The van der Waals surface area contributed by atoms with Crippen molar-refractivity contribution in [3.63, 3.8) is 0 Å². The molecule has 1 aromatic rings. The van der Waals surface area contributed by atoms with Crippen LogP contribution in [0.15, 0.2) is 30.4 Å². The largest absolute Gasteiger partial charge is 0.376 e. The fourth-order valence-corrected chi connectivity index (χ4v) is 1.95. The van der Waals surface area contributed by atoms with E-state index in [4.69, 9.17) is 16.3 Å². The first-order chi connectivity index (χ1) is 10.1. The van der Waals surface area contributed by atoms with Crippen LogP contribution in [0.1, 0.15) is 12.8 Å². The highest BCUT2D eigenvalue weighted by molar-refractivity contribution is 6.30. The number of pyridine rings is 1. The van der Waals surface area contributed by atoms with Gasteiger partial charge in [-0.15, -0.1) is 0 Å². The van der Waals surface area contributed by atoms with Crippen LogP contribution in [0.5, 0.6) is 0 Å². The normalized spacial score (nSPS) is 18.3. The van der Waals surface area contributed by atoms with E-state index in [-0.39, 0.29) is 11.9 Å². The number of hydrazine groups is 1. The number of nitrogens with zero attached hydrogens (tertiary/aromatic N) is 2. The number of nitro groups is 1. The van der Waals surface area contributed by atoms with E-state index in [0.717, 1.165) is 25.6 Å². The molecule has 1 fully saturated rings. The summed E-state index contributed by atoms with van der Waals surface area (Å²) in [6.07, 6.45) is 4.36. The molecule has 1 atom stereocenters. The molecule has 1 aliphatic heterocycles. The number of halogens is 1. The number of anilines is 1. The summed E-state index contributed by atoms with van der Waals surface area (Å²) in [5.74, 6) is 0.722. The monoisotopic (exact) mass is 313 g/mol. The molecule has 0 saturated carbocycles. The van der Waals surface area contributed by atoms with Gasteiger partial charge in [0.25, 0.3) is 6.20 Å². The Morgan fingerprint density at radius 2 is 2.48 bits per heavy atom. The predicted octanol–water partition coefficient (Wildman–Crippen LogP) is 1.50. The second-order valence-electron chi connectivity index (χ2n) is 4.46. The van der Waals surface area contributed by atoms with E-state index in [1.54, 1.807) is 12.1 Å². The second-order valence-corrected chi connectivity index (χ2v) is 4.89. The van der Waals surface area contributed by atoms with Gasteiger partial charge in [0.1, 0.15) is 5.82 Å². The standard InChI is InChI=1S/C12H16ClN5O3/c13-9-3-4-11(14-6-9)16-17-12(8-18(19)20)15-7-10-2-1-5-21-10/h3-4,6,8,10,15,17H,1-2,5,7H2,(H,14,16)/t10-/m1/s1. The van der Waals surface area contributed by atoms with E-state index in [1.165, 1.54) is 6.20 Å². The zero-order chi connectivity index (χ0) is 15.1. The van der Waals surface area contributed by atoms with Gasteiger partial charge in [-0.2, -0.15) is 0 Å². The van der Waals surface area contributed by atoms with Crippen LogP contribution in [0.2, 0.25) is 5.02 Å². The minimum absolute atomic E-state index is 0.0793. The van der Waals surface area contributed by atoms with Crippen LogP contribution in [0.25, 0.3) is 0 Å². The number of rotatable bonds is 7. The Balaban J connectivity index is 1.86. The Morgan fingerprint density at radius 1 is 1.62 bits per heavy atom. The predicted molar refractivity (Wildman–Crippen MR) is 78.1 cm³/mol. The zero-order valence-electron chi connectivity index (χ0n) is 11.2. The lowest BCUT2D eigenvalue weighted by atomic mass is 10.2. The Kier molecular flexibility index (Phi) is 5.59. The average molecular weight is 314 g/mol. The van der Waals surface area contributed by atoms with Gasteiger partial charge in [0.05, 0.1) is 16.0 Å². The molecule has 0 aromatic carbocycles. The number of hydrogen-bond donors (Lipinski definition) is 3. The van der Waals surface area contributed by atoms with Gasteiger partial charge in [0, 0.05) is 19.3 Å². The number of ether oxygens (including phenoxy) is 1. The summed E-state index contributed by atoms with van der Waals surface area (Å²) in [6, 6.07) is 3.31. The van der Waals surface area contributed by atoms with E-state index in [0.29, 0.717) is 17.4 Å². The molecule has 0 unspecified atom stereocenters. The van der Waals surface area contributed by atoms with Crippen LogP contribution < -0.4 is 16.2 Å². The molecule has 21 heavy (non-hydrogen) atoms. The highest BCUT2D eigenvalue weighted by atomic mass is 35.5. The summed E-state index contributed by atoms with van der Waals surface area (Å²) in [7, 11) is 0. The molecule has 1 aliphatic rings. The lowest BCUT2D eigenvalue weighted by molar-refractivity contribution is -0.404. The van der Waals surface area contributed by atoms with Crippen LogP contribution in [-0.2, 0) is 4.74 Å². The van der Waals surface area contributed by atoms with Gasteiger partial charge in [-0.05, 0) is 25.0 Å². The van der Waals surface area contributed by atoms with Gasteiger partial charge < -0.3 is 10.1 Å². The quantitative estimate of drug-likeness (QED) is 0.518. The van der Waals surface area contributed by atoms with Gasteiger partial charge >= 0.3 is 0 Å². The third kappa shape index (κ3) is 5.44. The van der Waals surface area contributed by atoms with Crippen molar-refractivity contribution in [1.29, 1.82) is 0 Å². The van der Waals surface area contributed by atoms with Crippen molar-refractivity contribution >= 4 is 17.4 Å². The summed E-state index contributed by atoms with van der Waals surface area (Å²) < 4.78 is 5.45. The summed E-state index contributed by atoms with van der Waals surface area (Å²) >= 11 is 5.73. The molecule has 0 spiro atoms. The van der Waals surface area contributed by atoms with Crippen LogP contribution >= 0.6 is 11.6 Å². The van der Waals surface area contributed by atoms with Crippen molar-refractivity contribution in [3.8, 4) is 0 Å². The Hall–Kier alpha value is -2.06. The van der Waals surface area contributed by atoms with Crippen LogP contribution in [-0.4, -0.2) is 29.2 Å². The topological polar surface area (TPSA) is 101 Å². The van der Waals surface area contributed by atoms with Crippen molar-refractivity contribution in [2.24, 2.45) is 0 Å². The summed E-state index contributed by atoms with van der Waals surface area (Å²) in [4.78, 5) is 14.1. The first kappa shape index (κ1) is 15.3. The maximum absolute atomic E-state index is 10.6. The molecule has 9 heteroatoms. The van der Waals surface area contributed by atoms with Gasteiger partial charge in [-0.3, -0.25) is 21.0 Å². The van der Waals surface area contributed by atoms with E-state index in [1.807, 2.05) is 0 Å². The molecule has 0 amide bonds. The van der Waals surface area contributed by atoms with Gasteiger partial charge in [0.15, 0.2) is 5.82 Å². The molecule has 0 radical (unpaired) electrons. The average Bonchev–Trinajstić information content (AvgIpc) is 2.96. The van der Waals surface area contributed by atoms with Crippen LogP contribution in [0.4, 0.5) is 5.82 Å². The highest BCUT2D eigenvalue weighted by Gasteiger charge is 2.16. The van der Waals surface area contributed by atoms with Crippen molar-refractivity contribution in [2.75, 3.05) is 18.6 Å². The molecule has 1 saturated heterocycles. The minimum atomic E-state index is -0.540. The summed E-state index contributed by atoms with van der Waals surface area (Å²) in [5, 5.41) is 14.1. The van der Waals surface area contributed by atoms with Gasteiger partial charge in [0.2, 0.25) is 0 Å². The number of hydrogen-bond acceptors (Lipinski definition) is 7. The second kappa shape index (κ2) is 7.65. The molecule has 3 N–H and O–H groups in total. The van der Waals surface area contributed by atoms with Crippen molar-refractivity contribution < 1.29 is 9.66 Å². The molecule has 114 valence electrons. The molecule has 1 aromatic heterocycles. The maximum Gasteiger partial charge on any atom is 0.275 e. The lowest BCUT2D eigenvalue weighted by Crippen LogP contribution is -2.35. The van der Waals surface area contributed by atoms with E-state index < -0.39 is 4.92 Å². The molecular weight excluding hydrogens is 298 g/mol. The van der Waals surface area contributed by atoms with E-state index >= 15 is 0 Å². The Morgan fingerprint density at radius 3 is 3.10 bits per heavy atom. The Bertz CT molecular complexity index is 502. The van der Waals surface area contributed by atoms with Crippen LogP contribution in [0.3, 0.4) is 0 Å². The van der Waals surface area contributed by atoms with Gasteiger partial charge in [-0.25, -0.2) is 4.98 Å². The third-order valence-electron chi connectivity index (χ3n) is 2.83. The molecule has 0 aliphatic carbocycles. The van der Waals surface area contributed by atoms with E-state index in [9.17, 15) is 10.1 Å². The number of nitrogens with one attached hydrogen (secondary N) is 3. The summed E-state index contributed by atoms with van der Waals surface area (Å²) in [6.45, 7) is 1.24. The first-order valence-electron chi connectivity index (χ1n) is 6.48. The fourth-order valence-electron chi connectivity index (χ4n) is 1.84. The SMILES string of the molecule is O=[N+]([O-])C=C(NC[C@H]1CCCO1)NNc1ccc(Cl)cn1. The van der Waals surface area contributed by atoms with Crippen LogP contribution in [0, 0.1) is 10.1 Å². The third-order valence-corrected chi connectivity index (χ3v) is 3.05. The molecule has 2 rings (SSSR count). The minimum Gasteiger partial charge on any atom is -0.376 e. The molecule has 0 bridgehead atoms. The summed E-state index contributed by atoms with van der Waals surface area (Å²) in [5.41, 5.74) is 5.46. The van der Waals surface area contributed by atoms with Crippen molar-refractivity contribution in [2.45, 2.75) is 18.9 Å². The highest BCUT2D eigenvalue weighted by Crippen LogP contribution is 2.11. The van der Waals surface area contributed by atoms with Crippen molar-refractivity contribution in [3.05, 3.63) is 45.5 Å². The van der Waals surface area contributed by atoms with E-state index in [2.05, 4.69) is 21.2 Å². The van der Waals surface area contributed by atoms with Crippen molar-refractivity contribution in [1.82, 2.24) is 15.7 Å². The molecule has 8 nitrogen and oxygen atoms in total. The molecule has 2 heterocycles. The number of aromatic nitrogens is 1.